The minimum atomic E-state index is -3.32. The third kappa shape index (κ3) is 3.23. The van der Waals surface area contributed by atoms with Gasteiger partial charge in [-0.05, 0) is 38.1 Å². The largest absolute Gasteiger partial charge is 0.330 e. The molecule has 0 aromatic heterocycles. The molecule has 3 N–H and O–H groups in total. The Balaban J connectivity index is 2.09. The van der Waals surface area contributed by atoms with E-state index < -0.39 is 10.2 Å². The lowest BCUT2D eigenvalue weighted by Gasteiger charge is -2.38. The molecule has 106 valence electrons. The molecule has 18 heavy (non-hydrogen) atoms. The summed E-state index contributed by atoms with van der Waals surface area (Å²) >= 11 is 0. The first kappa shape index (κ1) is 14.2. The first-order valence-corrected chi connectivity index (χ1v) is 8.51. The van der Waals surface area contributed by atoms with Gasteiger partial charge in [0.1, 0.15) is 0 Å². The predicted octanol–water partition coefficient (Wildman–Crippen LogP) is 0.823. The Morgan fingerprint density at radius 1 is 1.22 bits per heavy atom. The van der Waals surface area contributed by atoms with Crippen molar-refractivity contribution < 1.29 is 8.42 Å². The van der Waals surface area contributed by atoms with Crippen LogP contribution in [0.1, 0.15) is 45.4 Å². The second-order valence-electron chi connectivity index (χ2n) is 5.45. The van der Waals surface area contributed by atoms with Gasteiger partial charge in [-0.2, -0.15) is 17.4 Å². The Bertz CT molecular complexity index is 368. The van der Waals surface area contributed by atoms with Crippen LogP contribution >= 0.6 is 0 Å². The Morgan fingerprint density at radius 2 is 1.89 bits per heavy atom. The Labute approximate surface area is 110 Å². The van der Waals surface area contributed by atoms with Crippen LogP contribution in [0.4, 0.5) is 0 Å². The lowest BCUT2D eigenvalue weighted by Crippen LogP contribution is -2.52. The standard InChI is InChI=1S/C12H25N3O2S/c1-2-15(18(16,17)14-11-7-8-11)12-6-4-3-5-10(12)9-13/h10-12,14H,2-9,13H2,1H3. The molecule has 0 aromatic rings. The van der Waals surface area contributed by atoms with Crippen molar-refractivity contribution in [2.75, 3.05) is 13.1 Å². The highest BCUT2D eigenvalue weighted by Crippen LogP contribution is 2.30. The van der Waals surface area contributed by atoms with Crippen LogP contribution in [0.25, 0.3) is 0 Å². The molecule has 0 aromatic carbocycles. The van der Waals surface area contributed by atoms with Crippen molar-refractivity contribution in [2.24, 2.45) is 11.7 Å². The van der Waals surface area contributed by atoms with Gasteiger partial charge in [0, 0.05) is 18.6 Å². The minimum Gasteiger partial charge on any atom is -0.330 e. The molecule has 2 aliphatic carbocycles. The molecule has 0 spiro atoms. The third-order valence-corrected chi connectivity index (χ3v) is 5.83. The Morgan fingerprint density at radius 3 is 2.44 bits per heavy atom. The number of nitrogens with zero attached hydrogens (tertiary/aromatic N) is 1. The highest BCUT2D eigenvalue weighted by molar-refractivity contribution is 7.87. The summed E-state index contributed by atoms with van der Waals surface area (Å²) in [7, 11) is -3.32. The van der Waals surface area contributed by atoms with E-state index in [2.05, 4.69) is 4.72 Å². The van der Waals surface area contributed by atoms with Crippen molar-refractivity contribution in [3.05, 3.63) is 0 Å². The summed E-state index contributed by atoms with van der Waals surface area (Å²) in [6.07, 6.45) is 6.23. The highest BCUT2D eigenvalue weighted by atomic mass is 32.2. The fraction of sp³-hybridized carbons (Fsp3) is 1.00. The van der Waals surface area contributed by atoms with Gasteiger partial charge in [0.25, 0.3) is 10.2 Å². The van der Waals surface area contributed by atoms with E-state index in [1.165, 1.54) is 6.42 Å². The van der Waals surface area contributed by atoms with E-state index in [-0.39, 0.29) is 12.1 Å². The molecule has 0 bridgehead atoms. The molecule has 2 atom stereocenters. The summed E-state index contributed by atoms with van der Waals surface area (Å²) in [5.74, 6) is 0.314. The predicted molar refractivity (Wildman–Crippen MR) is 72.3 cm³/mol. The summed E-state index contributed by atoms with van der Waals surface area (Å²) in [6.45, 7) is 3.03. The average Bonchev–Trinajstić information content (AvgIpc) is 3.13. The van der Waals surface area contributed by atoms with Crippen LogP contribution in [-0.2, 0) is 10.2 Å². The van der Waals surface area contributed by atoms with Gasteiger partial charge in [-0.15, -0.1) is 0 Å². The van der Waals surface area contributed by atoms with Gasteiger partial charge < -0.3 is 5.73 Å². The number of hydrogen-bond acceptors (Lipinski definition) is 3. The normalized spacial score (nSPS) is 29.7. The van der Waals surface area contributed by atoms with Crippen molar-refractivity contribution in [1.29, 1.82) is 0 Å². The summed E-state index contributed by atoms with van der Waals surface area (Å²) in [5, 5.41) is 0. The number of rotatable bonds is 6. The molecule has 2 fully saturated rings. The molecule has 0 amide bonds. The van der Waals surface area contributed by atoms with Crippen LogP contribution < -0.4 is 10.5 Å². The maximum Gasteiger partial charge on any atom is 0.279 e. The summed E-state index contributed by atoms with van der Waals surface area (Å²) in [6, 6.07) is 0.258. The van der Waals surface area contributed by atoms with Crippen molar-refractivity contribution in [1.82, 2.24) is 9.03 Å². The summed E-state index contributed by atoms with van der Waals surface area (Å²) < 4.78 is 29.1. The fourth-order valence-corrected chi connectivity index (χ4v) is 4.67. The number of nitrogens with one attached hydrogen (secondary N) is 1. The van der Waals surface area contributed by atoms with Crippen molar-refractivity contribution in [3.8, 4) is 0 Å². The van der Waals surface area contributed by atoms with Crippen molar-refractivity contribution >= 4 is 10.2 Å². The molecule has 2 aliphatic rings. The topological polar surface area (TPSA) is 75.4 Å². The molecule has 0 saturated heterocycles. The Hall–Kier alpha value is -0.170. The quantitative estimate of drug-likeness (QED) is 0.753. The van der Waals surface area contributed by atoms with E-state index in [1.54, 1.807) is 4.31 Å². The van der Waals surface area contributed by atoms with Gasteiger partial charge in [-0.1, -0.05) is 19.8 Å². The SMILES string of the molecule is CCN(C1CCCCC1CN)S(=O)(=O)NC1CC1. The zero-order valence-electron chi connectivity index (χ0n) is 11.1. The van der Waals surface area contributed by atoms with Crippen LogP contribution in [0.3, 0.4) is 0 Å². The van der Waals surface area contributed by atoms with E-state index in [0.717, 1.165) is 32.1 Å². The second kappa shape index (κ2) is 5.86. The van der Waals surface area contributed by atoms with Gasteiger partial charge in [0.15, 0.2) is 0 Å². The maximum absolute atomic E-state index is 12.3. The van der Waals surface area contributed by atoms with Crippen LogP contribution in [0.2, 0.25) is 0 Å². The van der Waals surface area contributed by atoms with E-state index in [9.17, 15) is 8.42 Å². The zero-order chi connectivity index (χ0) is 13.2. The molecule has 6 heteroatoms. The average molecular weight is 275 g/mol. The van der Waals surface area contributed by atoms with Gasteiger partial charge in [0.05, 0.1) is 0 Å². The number of nitrogens with two attached hydrogens (primary N) is 1. The van der Waals surface area contributed by atoms with E-state index in [1.807, 2.05) is 6.92 Å². The third-order valence-electron chi connectivity index (χ3n) is 4.05. The Kier molecular flexibility index (Phi) is 4.64. The molecule has 2 saturated carbocycles. The zero-order valence-corrected chi connectivity index (χ0v) is 12.0. The van der Waals surface area contributed by atoms with E-state index in [4.69, 9.17) is 5.73 Å². The molecule has 5 nitrogen and oxygen atoms in total. The van der Waals surface area contributed by atoms with Gasteiger partial charge in [-0.25, -0.2) is 0 Å². The molecule has 2 rings (SSSR count). The fourth-order valence-electron chi connectivity index (χ4n) is 2.90. The molecular weight excluding hydrogens is 250 g/mol. The van der Waals surface area contributed by atoms with Gasteiger partial charge in [0.2, 0.25) is 0 Å². The first-order valence-electron chi connectivity index (χ1n) is 7.07. The number of hydrogen-bond donors (Lipinski definition) is 2. The van der Waals surface area contributed by atoms with E-state index >= 15 is 0 Å². The molecule has 2 unspecified atom stereocenters. The van der Waals surface area contributed by atoms with Gasteiger partial charge >= 0.3 is 0 Å². The summed E-state index contributed by atoms with van der Waals surface area (Å²) in [5.41, 5.74) is 5.80. The smallest absolute Gasteiger partial charge is 0.279 e. The van der Waals surface area contributed by atoms with Crippen LogP contribution in [0.5, 0.6) is 0 Å². The lowest BCUT2D eigenvalue weighted by molar-refractivity contribution is 0.186. The monoisotopic (exact) mass is 275 g/mol. The van der Waals surface area contributed by atoms with Crippen molar-refractivity contribution in [2.45, 2.75) is 57.5 Å². The van der Waals surface area contributed by atoms with Crippen molar-refractivity contribution in [3.63, 3.8) is 0 Å². The van der Waals surface area contributed by atoms with E-state index in [0.29, 0.717) is 19.0 Å². The first-order chi connectivity index (χ1) is 8.58. The molecule has 0 aliphatic heterocycles. The minimum absolute atomic E-state index is 0.0880. The maximum atomic E-state index is 12.3. The molecule has 0 radical (unpaired) electrons. The lowest BCUT2D eigenvalue weighted by atomic mass is 9.84. The van der Waals surface area contributed by atoms with Crippen LogP contribution in [0.15, 0.2) is 0 Å². The van der Waals surface area contributed by atoms with Crippen LogP contribution in [0, 0.1) is 5.92 Å². The molecular formula is C12H25N3O2S. The summed E-state index contributed by atoms with van der Waals surface area (Å²) in [4.78, 5) is 0. The van der Waals surface area contributed by atoms with Crippen LogP contribution in [-0.4, -0.2) is 37.9 Å². The molecule has 0 heterocycles. The van der Waals surface area contributed by atoms with Gasteiger partial charge in [-0.3, -0.25) is 0 Å². The highest BCUT2D eigenvalue weighted by Gasteiger charge is 2.37. The second-order valence-corrected chi connectivity index (χ2v) is 7.10.